The molecule has 25 atom stereocenters. The highest BCUT2D eigenvalue weighted by Crippen LogP contribution is 2.76. The van der Waals surface area contributed by atoms with E-state index < -0.39 is 11.6 Å². The fraction of sp³-hybridized carbons (Fsp3) is 0.952. The molecule has 9 heterocycles. The molecule has 15 saturated carbocycles. The van der Waals surface area contributed by atoms with Gasteiger partial charge in [-0.15, -0.1) is 0 Å². The number of aliphatic imine (C=N–C) groups is 1. The summed E-state index contributed by atoms with van der Waals surface area (Å²) >= 11 is 0. The molecule has 8 spiro atoms. The molecule has 0 aromatic rings. The molecule has 24 rings (SSSR count). The summed E-state index contributed by atoms with van der Waals surface area (Å²) in [7, 11) is 0. The van der Waals surface area contributed by atoms with E-state index in [4.69, 9.17) is 111 Å². The summed E-state index contributed by atoms with van der Waals surface area (Å²) in [6.45, 7) is 42.4. The number of amides is 1. The van der Waals surface area contributed by atoms with Gasteiger partial charge in [-0.1, -0.05) is 89.5 Å². The van der Waals surface area contributed by atoms with Gasteiger partial charge < -0.3 is 87.3 Å². The lowest BCUT2D eigenvalue weighted by Gasteiger charge is -2.61. The number of rotatable bonds is 8. The van der Waals surface area contributed by atoms with Crippen LogP contribution in [0.2, 0.25) is 0 Å². The Balaban J connectivity index is 0.000000108. The smallest absolute Gasteiger partial charge is 0.370 e. The summed E-state index contributed by atoms with van der Waals surface area (Å²) in [5.41, 5.74) is 14.3. The van der Waals surface area contributed by atoms with Gasteiger partial charge in [-0.2, -0.15) is 19.2 Å². The molecule has 0 unspecified atom stereocenters. The van der Waals surface area contributed by atoms with Crippen LogP contribution >= 0.6 is 0 Å². The van der Waals surface area contributed by atoms with Crippen LogP contribution in [0, 0.1) is 143 Å². The molecule has 0 aromatic carbocycles. The van der Waals surface area contributed by atoms with Crippen molar-refractivity contribution >= 4 is 29.7 Å². The minimum atomic E-state index is -0.548. The van der Waals surface area contributed by atoms with E-state index in [0.29, 0.717) is 102 Å². The fourth-order valence-electron chi connectivity index (χ4n) is 37.8. The zero-order valence-electron chi connectivity index (χ0n) is 81.6. The standard InChI is InChI=1S/C22H35NO5.C22H36O4.C21H35NO4.C21H34O4.C17H25NO.2CO2/c1-19-7-4-16-15(17(19)5-10-22(19)27-13-14-28-22)3-9-21(25-11-12-26-21)20(16,2)8-6-18(23)24;1-4-8-19(2)17-6-9-20(3)18(7-11-22(20)25-14-15-26-22)16(17)5-10-21(19)23-12-13-24-21;1-18-6-4-16-15(17(18)5-8-21(18)25-13-14-26-21)3-7-20(23-11-12-24-20)19(16,2)9-10-22;1-4-18(2)16-6-8-19(3)17(7-10-21(19)24-13-14-25-21)15(16)5-9-20(18)22-11-12-23-20;1-16-9-10-18-14(16)5-3-11-12-4-6-15(19)17(12,2)8-7-13(11)16;2*2-1-3/h15-17H,3-14H2,1-2H3,(H2,23,24);16-18H,4-15H2,1-3H3;15-17H,3-14,22H2,1-2H3;15-17H,4-14H2,1-3H3;11-13H,3-10H2,1-2H3;;/t15-,16+,17+,19+,20-;16-,17+,18+,19-,20+;15-,16+,17+,18+,19-;15-,16+,17+,18-,19+;11-,12-,13-,16+,17-;;/m11110../s1. The predicted molar refractivity (Wildman–Crippen MR) is 478 cm³/mol. The van der Waals surface area contributed by atoms with Crippen LogP contribution in [-0.2, 0) is 105 Å². The van der Waals surface area contributed by atoms with Gasteiger partial charge >= 0.3 is 12.3 Å². The SMILES string of the molecule is CCC[C@]1(C)[C@H]2CC[C@@]3(C)[C@@H](CCC34OCCO4)[C@@H]2CCC12OCCO2.CC[C@]1(C)[C@H]2CC[C@@]3(C)[C@@H](CCC34OCCO4)[C@@H]2CCC12OCCO2.C[C@]12CCN=C1CC[C@@H]1[C@@H]2CC[C@]2(C)C(=O)CC[C@@H]12.C[C@]12CC[C@H]3[C@@H](CCC4(OCCO4)[C@]3(C)CCC(N)=O)[C@@H]1CCC21OCCO1.C[C@]12CC[C@H]3[C@@H](CCC4(OCCO4)[C@]3(C)CCN)[C@@H]1CCC21OCCO1.O=C=O.O=C=O. The molecule has 25 nitrogen and oxygen atoms in total. The van der Waals surface area contributed by atoms with Gasteiger partial charge in [0.05, 0.1) is 106 Å². The maximum absolute atomic E-state index is 12.3. The van der Waals surface area contributed by atoms with E-state index >= 15 is 0 Å². The Morgan fingerprint density at radius 2 is 0.585 bits per heavy atom. The number of hydrogen-bond acceptors (Lipinski definition) is 24. The summed E-state index contributed by atoms with van der Waals surface area (Å²) < 4.78 is 101. The van der Waals surface area contributed by atoms with Crippen LogP contribution in [0.1, 0.15) is 321 Å². The number of primary amides is 1. The minimum absolute atomic E-state index is 0.00956. The topological polar surface area (TPSA) is 314 Å². The third-order valence-electron chi connectivity index (χ3n) is 44.3. The van der Waals surface area contributed by atoms with Crippen molar-refractivity contribution in [2.75, 3.05) is 119 Å². The van der Waals surface area contributed by atoms with Crippen LogP contribution in [0.15, 0.2) is 4.99 Å². The van der Waals surface area contributed by atoms with E-state index in [1.165, 1.54) is 128 Å². The Morgan fingerprint density at radius 3 is 0.900 bits per heavy atom. The Kier molecular flexibility index (Phi) is 27.0. The number of fused-ring (bicyclic) bond motifs is 21. The number of carbonyl (C=O) groups excluding carboxylic acids is 6. The maximum Gasteiger partial charge on any atom is 0.373 e. The number of ketones is 1. The van der Waals surface area contributed by atoms with Gasteiger partial charge in [0.15, 0.2) is 46.3 Å². The van der Waals surface area contributed by atoms with Crippen molar-refractivity contribution in [2.24, 2.45) is 159 Å². The van der Waals surface area contributed by atoms with Crippen molar-refractivity contribution in [3.05, 3.63) is 0 Å². The van der Waals surface area contributed by atoms with Gasteiger partial charge in [-0.25, -0.2) is 0 Å². The van der Waals surface area contributed by atoms with Crippen LogP contribution in [0.4, 0.5) is 0 Å². The van der Waals surface area contributed by atoms with Gasteiger partial charge in [-0.05, 0) is 262 Å². The second-order valence-corrected chi connectivity index (χ2v) is 47.5. The Labute approximate surface area is 775 Å². The summed E-state index contributed by atoms with van der Waals surface area (Å²) in [6.07, 6.45) is 41.8. The average molecular weight is 1820 g/mol. The van der Waals surface area contributed by atoms with Crippen molar-refractivity contribution in [3.63, 3.8) is 0 Å². The highest BCUT2D eigenvalue weighted by molar-refractivity contribution is 5.93. The van der Waals surface area contributed by atoms with Crippen molar-refractivity contribution in [1.29, 1.82) is 0 Å². The molecule has 0 radical (unpaired) electrons. The first kappa shape index (κ1) is 97.1. The van der Waals surface area contributed by atoms with E-state index in [1.54, 1.807) is 0 Å². The zero-order valence-corrected chi connectivity index (χ0v) is 81.6. The summed E-state index contributed by atoms with van der Waals surface area (Å²) in [4.78, 5) is 61.2. The van der Waals surface area contributed by atoms with Crippen LogP contribution in [0.3, 0.4) is 0 Å². The van der Waals surface area contributed by atoms with E-state index in [-0.39, 0.29) is 102 Å². The van der Waals surface area contributed by atoms with Crippen LogP contribution in [-0.4, -0.2) is 195 Å². The molecular formula is C105H165N3O22. The molecule has 732 valence electrons. The molecule has 9 aliphatic heterocycles. The second-order valence-electron chi connectivity index (χ2n) is 47.5. The van der Waals surface area contributed by atoms with E-state index in [9.17, 15) is 9.59 Å². The molecule has 24 aliphatic rings. The Hall–Kier alpha value is -3.11. The first-order chi connectivity index (χ1) is 62.3. The second kappa shape index (κ2) is 36.2. The van der Waals surface area contributed by atoms with E-state index in [2.05, 4.69) is 83.1 Å². The summed E-state index contributed by atoms with van der Waals surface area (Å²) in [6, 6.07) is 0. The Bertz CT molecular complexity index is 3990. The van der Waals surface area contributed by atoms with E-state index in [0.717, 1.165) is 232 Å². The highest BCUT2D eigenvalue weighted by Gasteiger charge is 2.76. The third kappa shape index (κ3) is 14.4. The number of ether oxygens (including phenoxy) is 16. The predicted octanol–water partition coefficient (Wildman–Crippen LogP) is 17.2. The molecular weight excluding hydrogens is 1660 g/mol. The normalized spacial score (nSPS) is 46.9. The molecule has 0 bridgehead atoms. The number of nitrogens with zero attached hydrogens (tertiary/aromatic N) is 1. The van der Waals surface area contributed by atoms with Crippen LogP contribution in [0.5, 0.6) is 0 Å². The van der Waals surface area contributed by atoms with Gasteiger partial charge in [0, 0.05) is 131 Å². The fourth-order valence-corrected chi connectivity index (χ4v) is 37.8. The minimum Gasteiger partial charge on any atom is -0.370 e. The molecule has 25 heteroatoms. The number of carbonyl (C=O) groups is 2. The highest BCUT2D eigenvalue weighted by atomic mass is 16.8. The molecule has 15 aliphatic carbocycles. The largest absolute Gasteiger partial charge is 0.373 e. The van der Waals surface area contributed by atoms with Crippen LogP contribution < -0.4 is 11.5 Å². The van der Waals surface area contributed by atoms with Crippen molar-refractivity contribution in [2.45, 2.75) is 367 Å². The molecule has 4 N–H and O–H groups in total. The van der Waals surface area contributed by atoms with Gasteiger partial charge in [0.25, 0.3) is 0 Å². The number of hydrogen-bond donors (Lipinski definition) is 2. The van der Waals surface area contributed by atoms with Crippen molar-refractivity contribution in [1.82, 2.24) is 0 Å². The average Bonchev–Trinajstić information content (AvgIpc) is 1.40. The molecule has 8 saturated heterocycles. The maximum atomic E-state index is 12.3. The monoisotopic (exact) mass is 1820 g/mol. The third-order valence-corrected chi connectivity index (χ3v) is 44.3. The van der Waals surface area contributed by atoms with Gasteiger partial charge in [0.2, 0.25) is 5.91 Å². The van der Waals surface area contributed by atoms with Gasteiger partial charge in [-0.3, -0.25) is 14.6 Å². The zero-order chi connectivity index (χ0) is 91.7. The Morgan fingerprint density at radius 1 is 0.315 bits per heavy atom. The number of Topliss-reactive ketones (excluding diaryl/α,β-unsaturated/α-hetero) is 1. The van der Waals surface area contributed by atoms with Crippen molar-refractivity contribution in [3.8, 4) is 0 Å². The molecule has 130 heavy (non-hydrogen) atoms. The molecule has 0 aromatic heterocycles. The molecule has 23 fully saturated rings. The van der Waals surface area contributed by atoms with Gasteiger partial charge in [0.1, 0.15) is 5.78 Å². The summed E-state index contributed by atoms with van der Waals surface area (Å²) in [5, 5.41) is 0. The lowest BCUT2D eigenvalue weighted by Crippen LogP contribution is -2.62. The summed E-state index contributed by atoms with van der Waals surface area (Å²) in [5.74, 6) is 7.76. The van der Waals surface area contributed by atoms with E-state index in [1.807, 2.05) is 0 Å². The van der Waals surface area contributed by atoms with Crippen molar-refractivity contribution < 1.29 is 105 Å². The molecule has 1 amide bonds. The first-order valence-corrected chi connectivity index (χ1v) is 52.5. The number of nitrogens with two attached hydrogens (primary N) is 2. The first-order valence-electron chi connectivity index (χ1n) is 52.5. The quantitative estimate of drug-likeness (QED) is 0.228. The van der Waals surface area contributed by atoms with Crippen LogP contribution in [0.25, 0.3) is 0 Å². The lowest BCUT2D eigenvalue weighted by atomic mass is 9.47. The lowest BCUT2D eigenvalue weighted by molar-refractivity contribution is -0.302.